The molecule has 0 aliphatic rings. The normalized spacial score (nSPS) is 10.4. The van der Waals surface area contributed by atoms with Gasteiger partial charge in [-0.2, -0.15) is 0 Å². The second-order valence-electron chi connectivity index (χ2n) is 4.66. The fourth-order valence-electron chi connectivity index (χ4n) is 1.92. The van der Waals surface area contributed by atoms with Crippen LogP contribution in [-0.4, -0.2) is 15.9 Å². The number of nitrogens with one attached hydrogen (secondary N) is 1. The first-order valence-electron chi connectivity index (χ1n) is 6.38. The van der Waals surface area contributed by atoms with Crippen molar-refractivity contribution in [3.8, 4) is 0 Å². The van der Waals surface area contributed by atoms with Gasteiger partial charge in [-0.05, 0) is 59.7 Å². The third kappa shape index (κ3) is 4.28. The summed E-state index contributed by atoms with van der Waals surface area (Å²) in [7, 11) is 0. The second-order valence-corrected chi connectivity index (χ2v) is 5.82. The van der Waals surface area contributed by atoms with Crippen LogP contribution in [0.5, 0.6) is 0 Å². The van der Waals surface area contributed by atoms with Crippen molar-refractivity contribution in [1.29, 1.82) is 0 Å². The average Bonchev–Trinajstić information content (AvgIpc) is 2.40. The van der Waals surface area contributed by atoms with Crippen LogP contribution in [0.15, 0.2) is 24.4 Å². The van der Waals surface area contributed by atoms with Gasteiger partial charge in [0.1, 0.15) is 11.6 Å². The number of nitrogens with zero attached hydrogens (tertiary/aromatic N) is 2. The molecule has 0 aromatic carbocycles. The van der Waals surface area contributed by atoms with Gasteiger partial charge >= 0.3 is 0 Å². The van der Waals surface area contributed by atoms with E-state index in [0.717, 1.165) is 14.8 Å². The number of hydrogen-bond donors (Lipinski definition) is 3. The molecule has 2 rings (SSSR count). The number of carbonyl (C=O) groups excluding carboxylic acids is 1. The molecule has 0 saturated carbocycles. The number of nitrogens with two attached hydrogens (primary N) is 2. The van der Waals surface area contributed by atoms with E-state index in [1.54, 1.807) is 18.3 Å². The number of halogens is 1. The lowest BCUT2D eigenvalue weighted by Crippen LogP contribution is -2.15. The highest BCUT2D eigenvalue weighted by Crippen LogP contribution is 2.22. The summed E-state index contributed by atoms with van der Waals surface area (Å²) < 4.78 is 0.853. The number of hydrogen-bond acceptors (Lipinski definition) is 5. The zero-order chi connectivity index (χ0) is 15.4. The van der Waals surface area contributed by atoms with E-state index in [1.165, 1.54) is 0 Å². The molecule has 0 unspecified atom stereocenters. The quantitative estimate of drug-likeness (QED) is 0.686. The van der Waals surface area contributed by atoms with Crippen molar-refractivity contribution in [3.05, 3.63) is 39.2 Å². The van der Waals surface area contributed by atoms with Crippen LogP contribution in [-0.2, 0) is 11.2 Å². The van der Waals surface area contributed by atoms with Gasteiger partial charge in [-0.25, -0.2) is 9.97 Å². The van der Waals surface area contributed by atoms with Crippen molar-refractivity contribution >= 4 is 45.8 Å². The lowest BCUT2D eigenvalue weighted by molar-refractivity contribution is -0.116. The standard InChI is InChI=1S/C14H16IN5O/c1-8-6-9(19-11(16)7-8)2-3-12(21)20-13-10(15)4-5-18-14(13)17/h4-7H,2-3H2,1H3,(H2,16,19)(H2,17,18)(H,20,21). The summed E-state index contributed by atoms with van der Waals surface area (Å²) in [6.45, 7) is 1.94. The van der Waals surface area contributed by atoms with E-state index in [9.17, 15) is 4.79 Å². The molecular formula is C14H16IN5O. The first-order valence-corrected chi connectivity index (χ1v) is 7.46. The van der Waals surface area contributed by atoms with E-state index in [4.69, 9.17) is 11.5 Å². The van der Waals surface area contributed by atoms with Crippen LogP contribution in [0, 0.1) is 10.5 Å². The number of nitrogen functional groups attached to an aromatic ring is 2. The Hall–Kier alpha value is -1.90. The zero-order valence-electron chi connectivity index (χ0n) is 11.6. The highest BCUT2D eigenvalue weighted by Gasteiger charge is 2.10. The Morgan fingerprint density at radius 1 is 1.38 bits per heavy atom. The van der Waals surface area contributed by atoms with Gasteiger partial charge in [0, 0.05) is 21.9 Å². The van der Waals surface area contributed by atoms with E-state index in [-0.39, 0.29) is 5.91 Å². The molecule has 0 spiro atoms. The first-order chi connectivity index (χ1) is 9.95. The predicted octanol–water partition coefficient (Wildman–Crippen LogP) is 2.13. The number of anilines is 3. The smallest absolute Gasteiger partial charge is 0.224 e. The molecule has 2 aromatic rings. The Kier molecular flexibility index (Phi) is 4.94. The summed E-state index contributed by atoms with van der Waals surface area (Å²) in [6.07, 6.45) is 2.43. The molecule has 0 bridgehead atoms. The third-order valence-corrected chi connectivity index (χ3v) is 3.74. The number of carbonyl (C=O) groups is 1. The monoisotopic (exact) mass is 397 g/mol. The predicted molar refractivity (Wildman–Crippen MR) is 91.7 cm³/mol. The molecule has 0 fully saturated rings. The Balaban J connectivity index is 1.99. The minimum absolute atomic E-state index is 0.130. The molecule has 0 radical (unpaired) electrons. The zero-order valence-corrected chi connectivity index (χ0v) is 13.7. The number of aryl methyl sites for hydroxylation is 2. The lowest BCUT2D eigenvalue weighted by Gasteiger charge is -2.09. The van der Waals surface area contributed by atoms with Gasteiger partial charge in [0.15, 0.2) is 0 Å². The molecule has 2 heterocycles. The maximum atomic E-state index is 12.0. The maximum absolute atomic E-state index is 12.0. The van der Waals surface area contributed by atoms with E-state index < -0.39 is 0 Å². The van der Waals surface area contributed by atoms with Crippen LogP contribution in [0.2, 0.25) is 0 Å². The van der Waals surface area contributed by atoms with E-state index >= 15 is 0 Å². The van der Waals surface area contributed by atoms with E-state index in [0.29, 0.717) is 30.2 Å². The molecule has 0 aliphatic heterocycles. The Morgan fingerprint density at radius 3 is 2.81 bits per heavy atom. The summed E-state index contributed by atoms with van der Waals surface area (Å²) in [4.78, 5) is 20.2. The average molecular weight is 397 g/mol. The van der Waals surface area contributed by atoms with Crippen LogP contribution in [0.3, 0.4) is 0 Å². The van der Waals surface area contributed by atoms with Gasteiger partial charge in [-0.3, -0.25) is 4.79 Å². The van der Waals surface area contributed by atoms with Gasteiger partial charge in [-0.1, -0.05) is 0 Å². The van der Waals surface area contributed by atoms with Crippen LogP contribution < -0.4 is 16.8 Å². The number of rotatable bonds is 4. The van der Waals surface area contributed by atoms with Crippen LogP contribution in [0.1, 0.15) is 17.7 Å². The van der Waals surface area contributed by atoms with Crippen molar-refractivity contribution in [1.82, 2.24) is 9.97 Å². The van der Waals surface area contributed by atoms with Crippen molar-refractivity contribution in [2.75, 3.05) is 16.8 Å². The Bertz CT molecular complexity index is 634. The maximum Gasteiger partial charge on any atom is 0.224 e. The highest BCUT2D eigenvalue weighted by atomic mass is 127. The largest absolute Gasteiger partial charge is 0.384 e. The summed E-state index contributed by atoms with van der Waals surface area (Å²) in [5.74, 6) is 0.652. The summed E-state index contributed by atoms with van der Waals surface area (Å²) in [5.41, 5.74) is 13.8. The Morgan fingerprint density at radius 2 is 2.14 bits per heavy atom. The molecule has 110 valence electrons. The van der Waals surface area contributed by atoms with Crippen molar-refractivity contribution in [2.45, 2.75) is 19.8 Å². The molecule has 21 heavy (non-hydrogen) atoms. The van der Waals surface area contributed by atoms with Crippen molar-refractivity contribution in [3.63, 3.8) is 0 Å². The van der Waals surface area contributed by atoms with E-state index in [2.05, 4.69) is 37.9 Å². The summed E-state index contributed by atoms with van der Waals surface area (Å²) in [6, 6.07) is 5.50. The first kappa shape index (κ1) is 15.5. The molecule has 1 amide bonds. The lowest BCUT2D eigenvalue weighted by atomic mass is 10.1. The number of amides is 1. The Labute approximate surface area is 136 Å². The molecule has 2 aromatic heterocycles. The van der Waals surface area contributed by atoms with Gasteiger partial charge in [0.05, 0.1) is 5.69 Å². The van der Waals surface area contributed by atoms with Gasteiger partial charge < -0.3 is 16.8 Å². The van der Waals surface area contributed by atoms with Crippen LogP contribution in [0.4, 0.5) is 17.3 Å². The number of aromatic nitrogens is 2. The summed E-state index contributed by atoms with van der Waals surface area (Å²) >= 11 is 2.10. The highest BCUT2D eigenvalue weighted by molar-refractivity contribution is 14.1. The topological polar surface area (TPSA) is 107 Å². The van der Waals surface area contributed by atoms with Gasteiger partial charge in [-0.15, -0.1) is 0 Å². The molecule has 0 atom stereocenters. The van der Waals surface area contributed by atoms with Gasteiger partial charge in [0.2, 0.25) is 5.91 Å². The fraction of sp³-hybridized carbons (Fsp3) is 0.214. The molecule has 6 nitrogen and oxygen atoms in total. The van der Waals surface area contributed by atoms with Crippen molar-refractivity contribution < 1.29 is 4.79 Å². The van der Waals surface area contributed by atoms with Crippen molar-refractivity contribution in [2.24, 2.45) is 0 Å². The van der Waals surface area contributed by atoms with Gasteiger partial charge in [0.25, 0.3) is 0 Å². The van der Waals surface area contributed by atoms with Crippen LogP contribution in [0.25, 0.3) is 0 Å². The minimum atomic E-state index is -0.130. The number of pyridine rings is 2. The van der Waals surface area contributed by atoms with E-state index in [1.807, 2.05) is 13.0 Å². The minimum Gasteiger partial charge on any atom is -0.384 e. The second kappa shape index (κ2) is 6.70. The third-order valence-electron chi connectivity index (χ3n) is 2.84. The van der Waals surface area contributed by atoms with Crippen LogP contribution >= 0.6 is 22.6 Å². The molecule has 0 aliphatic carbocycles. The molecule has 0 saturated heterocycles. The molecule has 7 heteroatoms. The molecular weight excluding hydrogens is 381 g/mol. The fourth-order valence-corrected chi connectivity index (χ4v) is 2.49. The SMILES string of the molecule is Cc1cc(N)nc(CCC(=O)Nc2c(I)ccnc2N)c1. The summed E-state index contributed by atoms with van der Waals surface area (Å²) in [5, 5.41) is 2.78. The molecule has 5 N–H and O–H groups in total.